The molecule has 0 unspecified atom stereocenters. The van der Waals surface area contributed by atoms with Crippen LogP contribution >= 0.6 is 52.1 Å². The third-order valence-electron chi connectivity index (χ3n) is 4.97. The molecule has 1 aromatic heterocycles. The molecule has 0 radical (unpaired) electrons. The average Bonchev–Trinajstić information content (AvgIpc) is 3.16. The summed E-state index contributed by atoms with van der Waals surface area (Å²) in [5, 5.41) is 0. The van der Waals surface area contributed by atoms with Crippen LogP contribution in [0.5, 0.6) is 0 Å². The number of hydrogen-bond donors (Lipinski definition) is 1. The monoisotopic (exact) mass is 457 g/mol. The summed E-state index contributed by atoms with van der Waals surface area (Å²) < 4.78 is 1.19. The second kappa shape index (κ2) is 10.3. The number of carbonyl (C=O) groups excluding carboxylic acids is 1. The maximum atomic E-state index is 12.7. The molecule has 2 fully saturated rings. The molecule has 24 heavy (non-hydrogen) atoms. The van der Waals surface area contributed by atoms with E-state index in [1.165, 1.54) is 8.66 Å². The van der Waals surface area contributed by atoms with E-state index in [-0.39, 0.29) is 30.7 Å². The van der Waals surface area contributed by atoms with E-state index in [1.54, 1.807) is 11.3 Å². The van der Waals surface area contributed by atoms with Crippen LogP contribution in [0.1, 0.15) is 24.1 Å². The second-order valence-electron chi connectivity index (χ2n) is 6.34. The van der Waals surface area contributed by atoms with Crippen LogP contribution in [0, 0.1) is 11.8 Å². The van der Waals surface area contributed by atoms with E-state index in [0.717, 1.165) is 52.0 Å². The third-order valence-corrected chi connectivity index (χ3v) is 6.58. The summed E-state index contributed by atoms with van der Waals surface area (Å²) in [6.07, 6.45) is 3.32. The Balaban J connectivity index is 0.00000144. The highest BCUT2D eigenvalue weighted by atomic mass is 79.9. The number of piperazine rings is 1. The number of hydrogen-bond acceptors (Lipinski definition) is 4. The molecule has 1 saturated carbocycles. The number of thiophene rings is 1. The van der Waals surface area contributed by atoms with Crippen LogP contribution < -0.4 is 5.73 Å². The first-order chi connectivity index (χ1) is 10.7. The summed E-state index contributed by atoms with van der Waals surface area (Å²) in [4.78, 5) is 18.6. The van der Waals surface area contributed by atoms with Gasteiger partial charge in [0.05, 0.1) is 3.79 Å². The average molecular weight is 459 g/mol. The van der Waals surface area contributed by atoms with Crippen molar-refractivity contribution in [3.05, 3.63) is 20.8 Å². The van der Waals surface area contributed by atoms with Gasteiger partial charge in [0.2, 0.25) is 5.91 Å². The van der Waals surface area contributed by atoms with Crippen LogP contribution in [0.15, 0.2) is 15.9 Å². The van der Waals surface area contributed by atoms with Gasteiger partial charge in [-0.2, -0.15) is 0 Å². The van der Waals surface area contributed by atoms with Crippen LogP contribution in [0.2, 0.25) is 0 Å². The predicted octanol–water partition coefficient (Wildman–Crippen LogP) is 3.37. The molecule has 2 N–H and O–H groups in total. The summed E-state index contributed by atoms with van der Waals surface area (Å²) in [7, 11) is 0. The molecule has 1 aliphatic heterocycles. The highest BCUT2D eigenvalue weighted by molar-refractivity contribution is 9.11. The number of halogens is 3. The van der Waals surface area contributed by atoms with E-state index in [9.17, 15) is 4.79 Å². The fraction of sp³-hybridized carbons (Fsp3) is 0.688. The molecule has 2 heterocycles. The van der Waals surface area contributed by atoms with Gasteiger partial charge >= 0.3 is 0 Å². The lowest BCUT2D eigenvalue weighted by molar-refractivity contribution is -0.138. The van der Waals surface area contributed by atoms with Crippen molar-refractivity contribution in [1.82, 2.24) is 9.80 Å². The molecule has 3 rings (SSSR count). The van der Waals surface area contributed by atoms with Crippen LogP contribution in [-0.2, 0) is 11.3 Å². The molecular formula is C16H26BrCl2N3OS. The first kappa shape index (κ1) is 22.2. The zero-order chi connectivity index (χ0) is 15.5. The lowest BCUT2D eigenvalue weighted by Gasteiger charge is -2.36. The molecule has 8 heteroatoms. The van der Waals surface area contributed by atoms with Crippen LogP contribution in [0.25, 0.3) is 0 Å². The van der Waals surface area contributed by atoms with Gasteiger partial charge in [-0.15, -0.1) is 36.2 Å². The molecule has 2 atom stereocenters. The van der Waals surface area contributed by atoms with Crippen molar-refractivity contribution in [3.63, 3.8) is 0 Å². The molecule has 2 aliphatic rings. The van der Waals surface area contributed by atoms with Gasteiger partial charge < -0.3 is 10.6 Å². The normalized spacial score (nSPS) is 24.3. The zero-order valence-corrected chi connectivity index (χ0v) is 17.7. The Morgan fingerprint density at radius 3 is 2.50 bits per heavy atom. The summed E-state index contributed by atoms with van der Waals surface area (Å²) in [6, 6.07) is 4.28. The van der Waals surface area contributed by atoms with Crippen molar-refractivity contribution < 1.29 is 4.79 Å². The standard InChI is InChI=1S/C16H24BrN3OS.2ClH/c17-15-5-4-13(22-15)11-19-6-8-20(9-7-19)16(21)14-3-1-2-12(14)10-18;;/h4-5,12,14H,1-3,6-11,18H2;2*1H/t12-,14-;;/m1../s1. The molecule has 1 aromatic rings. The fourth-order valence-corrected chi connectivity index (χ4v) is 5.19. The van der Waals surface area contributed by atoms with Crippen molar-refractivity contribution in [2.75, 3.05) is 32.7 Å². The maximum Gasteiger partial charge on any atom is 0.226 e. The van der Waals surface area contributed by atoms with Crippen LogP contribution in [-0.4, -0.2) is 48.4 Å². The Labute approximate surface area is 169 Å². The Morgan fingerprint density at radius 1 is 1.21 bits per heavy atom. The molecule has 138 valence electrons. The molecule has 4 nitrogen and oxygen atoms in total. The predicted molar refractivity (Wildman–Crippen MR) is 108 cm³/mol. The Hall–Kier alpha value is 0.150. The molecule has 1 amide bonds. The number of amides is 1. The summed E-state index contributed by atoms with van der Waals surface area (Å²) in [5.74, 6) is 0.949. The van der Waals surface area contributed by atoms with Gasteiger partial charge in [-0.25, -0.2) is 0 Å². The van der Waals surface area contributed by atoms with E-state index >= 15 is 0 Å². The highest BCUT2D eigenvalue weighted by Gasteiger charge is 2.35. The molecule has 0 spiro atoms. The molecule has 1 aliphatic carbocycles. The van der Waals surface area contributed by atoms with Gasteiger partial charge in [0.15, 0.2) is 0 Å². The Bertz CT molecular complexity index is 523. The maximum absolute atomic E-state index is 12.7. The molecule has 1 saturated heterocycles. The lowest BCUT2D eigenvalue weighted by atomic mass is 9.94. The van der Waals surface area contributed by atoms with Crippen LogP contribution in [0.4, 0.5) is 0 Å². The minimum atomic E-state index is 0. The minimum Gasteiger partial charge on any atom is -0.340 e. The van der Waals surface area contributed by atoms with E-state index in [1.807, 2.05) is 0 Å². The number of nitrogens with zero attached hydrogens (tertiary/aromatic N) is 2. The van der Waals surface area contributed by atoms with Gasteiger partial charge in [-0.3, -0.25) is 9.69 Å². The molecule has 0 bridgehead atoms. The molecular weight excluding hydrogens is 433 g/mol. The topological polar surface area (TPSA) is 49.6 Å². The Morgan fingerprint density at radius 2 is 1.92 bits per heavy atom. The summed E-state index contributed by atoms with van der Waals surface area (Å²) in [6.45, 7) is 5.32. The first-order valence-electron chi connectivity index (χ1n) is 8.13. The minimum absolute atomic E-state index is 0. The van der Waals surface area contributed by atoms with E-state index < -0.39 is 0 Å². The smallest absolute Gasteiger partial charge is 0.226 e. The fourth-order valence-electron chi connectivity index (χ4n) is 3.66. The largest absolute Gasteiger partial charge is 0.340 e. The van der Waals surface area contributed by atoms with Gasteiger partial charge in [-0.05, 0) is 53.4 Å². The number of carbonyl (C=O) groups is 1. The van der Waals surface area contributed by atoms with Crippen molar-refractivity contribution in [2.45, 2.75) is 25.8 Å². The van der Waals surface area contributed by atoms with Gasteiger partial charge in [0.1, 0.15) is 0 Å². The molecule has 0 aromatic carbocycles. The Kier molecular flexibility index (Phi) is 9.56. The lowest BCUT2D eigenvalue weighted by Crippen LogP contribution is -2.50. The third kappa shape index (κ3) is 5.32. The first-order valence-corrected chi connectivity index (χ1v) is 9.73. The van der Waals surface area contributed by atoms with Crippen molar-refractivity contribution in [1.29, 1.82) is 0 Å². The summed E-state index contributed by atoms with van der Waals surface area (Å²) >= 11 is 5.31. The second-order valence-corrected chi connectivity index (χ2v) is 8.89. The van der Waals surface area contributed by atoms with E-state index in [4.69, 9.17) is 5.73 Å². The highest BCUT2D eigenvalue weighted by Crippen LogP contribution is 2.32. The van der Waals surface area contributed by atoms with Gasteiger partial charge in [-0.1, -0.05) is 6.42 Å². The van der Waals surface area contributed by atoms with Crippen LogP contribution in [0.3, 0.4) is 0 Å². The summed E-state index contributed by atoms with van der Waals surface area (Å²) in [5.41, 5.74) is 5.82. The van der Waals surface area contributed by atoms with Gasteiger partial charge in [0.25, 0.3) is 0 Å². The number of nitrogens with two attached hydrogens (primary N) is 1. The van der Waals surface area contributed by atoms with E-state index in [0.29, 0.717) is 18.4 Å². The SMILES string of the molecule is Cl.Cl.NC[C@H]1CCC[C@H]1C(=O)N1CCN(Cc2ccc(Br)s2)CC1. The quantitative estimate of drug-likeness (QED) is 0.752. The number of rotatable bonds is 4. The van der Waals surface area contributed by atoms with E-state index in [2.05, 4.69) is 37.9 Å². The van der Waals surface area contributed by atoms with Crippen molar-refractivity contribution in [2.24, 2.45) is 17.6 Å². The van der Waals surface area contributed by atoms with Crippen molar-refractivity contribution in [3.8, 4) is 0 Å². The van der Waals surface area contributed by atoms with Gasteiger partial charge in [0, 0.05) is 43.5 Å². The van der Waals surface area contributed by atoms with Crippen molar-refractivity contribution >= 4 is 58.0 Å². The zero-order valence-electron chi connectivity index (χ0n) is 13.7.